The van der Waals surface area contributed by atoms with E-state index in [0.29, 0.717) is 19.5 Å². The van der Waals surface area contributed by atoms with E-state index in [9.17, 15) is 9.90 Å². The highest BCUT2D eigenvalue weighted by molar-refractivity contribution is 5.73. The number of oxazole rings is 1. The van der Waals surface area contributed by atoms with Crippen LogP contribution >= 0.6 is 0 Å². The molecular weight excluding hydrogens is 256 g/mol. The second kappa shape index (κ2) is 5.00. The van der Waals surface area contributed by atoms with Gasteiger partial charge < -0.3 is 14.4 Å². The maximum atomic E-state index is 11.3. The number of fused-ring (bicyclic) bond motifs is 1. The number of carboxylic acid groups (broad SMARTS) is 1. The molecule has 5 nitrogen and oxygen atoms in total. The summed E-state index contributed by atoms with van der Waals surface area (Å²) in [5.41, 5.74) is 3.02. The smallest absolute Gasteiger partial charge is 0.308 e. The van der Waals surface area contributed by atoms with Gasteiger partial charge in [-0.1, -0.05) is 18.2 Å². The number of hydrogen-bond acceptors (Lipinski definition) is 4. The highest BCUT2D eigenvalue weighted by atomic mass is 16.4. The highest BCUT2D eigenvalue weighted by Crippen LogP contribution is 2.31. The molecule has 20 heavy (non-hydrogen) atoms. The Morgan fingerprint density at radius 1 is 1.50 bits per heavy atom. The first-order chi connectivity index (χ1) is 9.65. The number of para-hydroxylation sites is 1. The summed E-state index contributed by atoms with van der Waals surface area (Å²) in [6.07, 6.45) is 2.01. The van der Waals surface area contributed by atoms with Gasteiger partial charge in [0.05, 0.1) is 12.5 Å². The number of nitrogens with zero attached hydrogens (tertiary/aromatic N) is 2. The Morgan fingerprint density at radius 2 is 2.30 bits per heavy atom. The second-order valence-electron chi connectivity index (χ2n) is 5.10. The van der Waals surface area contributed by atoms with Crippen molar-refractivity contribution < 1.29 is 14.3 Å². The average molecular weight is 272 g/mol. The predicted octanol–water partition coefficient (Wildman–Crippen LogP) is 2.25. The molecule has 1 N–H and O–H groups in total. The van der Waals surface area contributed by atoms with Gasteiger partial charge in [-0.2, -0.15) is 0 Å². The van der Waals surface area contributed by atoms with Crippen molar-refractivity contribution in [3.05, 3.63) is 47.7 Å². The standard InChI is InChI=1S/C15H16N2O3/c1-10-13(16-9-20-10)8-17-7-12(15(18)19)6-11-4-2-3-5-14(11)17/h2-5,9,12H,6-8H2,1H3,(H,18,19). The van der Waals surface area contributed by atoms with E-state index in [-0.39, 0.29) is 5.92 Å². The van der Waals surface area contributed by atoms with E-state index >= 15 is 0 Å². The Morgan fingerprint density at radius 3 is 3.00 bits per heavy atom. The molecule has 2 aromatic rings. The Bertz CT molecular complexity index is 636. The number of hydrogen-bond donors (Lipinski definition) is 1. The van der Waals surface area contributed by atoms with Crippen LogP contribution in [0, 0.1) is 12.8 Å². The molecule has 0 saturated carbocycles. The average Bonchev–Trinajstić information content (AvgIpc) is 2.84. The molecule has 1 aliphatic heterocycles. The molecule has 5 heteroatoms. The minimum Gasteiger partial charge on any atom is -0.481 e. The Kier molecular flexibility index (Phi) is 3.18. The van der Waals surface area contributed by atoms with E-state index in [2.05, 4.69) is 9.88 Å². The Hall–Kier alpha value is -2.30. The number of aromatic nitrogens is 1. The molecule has 104 valence electrons. The van der Waals surface area contributed by atoms with Gasteiger partial charge in [0.1, 0.15) is 11.5 Å². The van der Waals surface area contributed by atoms with E-state index in [4.69, 9.17) is 4.42 Å². The van der Waals surface area contributed by atoms with Crippen LogP contribution in [0.3, 0.4) is 0 Å². The molecule has 1 aromatic carbocycles. The zero-order valence-electron chi connectivity index (χ0n) is 11.2. The molecule has 0 amide bonds. The molecule has 0 aliphatic carbocycles. The number of aryl methyl sites for hydroxylation is 1. The van der Waals surface area contributed by atoms with Gasteiger partial charge in [-0.05, 0) is 25.0 Å². The molecule has 0 radical (unpaired) electrons. The normalized spacial score (nSPS) is 17.9. The van der Waals surface area contributed by atoms with Crippen LogP contribution in [0.1, 0.15) is 17.0 Å². The van der Waals surface area contributed by atoms with Crippen LogP contribution in [-0.4, -0.2) is 22.6 Å². The maximum absolute atomic E-state index is 11.3. The number of benzene rings is 1. The number of aliphatic carboxylic acids is 1. The third kappa shape index (κ3) is 2.27. The van der Waals surface area contributed by atoms with Crippen LogP contribution in [0.4, 0.5) is 5.69 Å². The van der Waals surface area contributed by atoms with Crippen molar-refractivity contribution in [2.75, 3.05) is 11.4 Å². The van der Waals surface area contributed by atoms with Crippen molar-refractivity contribution in [1.82, 2.24) is 4.98 Å². The summed E-state index contributed by atoms with van der Waals surface area (Å²) < 4.78 is 5.21. The third-order valence-electron chi connectivity index (χ3n) is 3.77. The molecule has 1 aliphatic rings. The molecule has 1 aromatic heterocycles. The van der Waals surface area contributed by atoms with Gasteiger partial charge in [0.15, 0.2) is 6.39 Å². The van der Waals surface area contributed by atoms with Crippen molar-refractivity contribution in [2.24, 2.45) is 5.92 Å². The van der Waals surface area contributed by atoms with Gasteiger partial charge in [-0.15, -0.1) is 0 Å². The lowest BCUT2D eigenvalue weighted by Gasteiger charge is -2.34. The fourth-order valence-corrected chi connectivity index (χ4v) is 2.66. The summed E-state index contributed by atoms with van der Waals surface area (Å²) in [5, 5.41) is 9.30. The zero-order chi connectivity index (χ0) is 14.1. The monoisotopic (exact) mass is 272 g/mol. The fourth-order valence-electron chi connectivity index (χ4n) is 2.66. The maximum Gasteiger partial charge on any atom is 0.308 e. The van der Waals surface area contributed by atoms with Crippen molar-refractivity contribution in [3.63, 3.8) is 0 Å². The van der Waals surface area contributed by atoms with Crippen molar-refractivity contribution >= 4 is 11.7 Å². The number of anilines is 1. The Labute approximate surface area is 116 Å². The topological polar surface area (TPSA) is 66.6 Å². The van der Waals surface area contributed by atoms with Crippen LogP contribution < -0.4 is 4.90 Å². The quantitative estimate of drug-likeness (QED) is 0.928. The molecular formula is C15H16N2O3. The van der Waals surface area contributed by atoms with Crippen LogP contribution in [0.15, 0.2) is 35.1 Å². The summed E-state index contributed by atoms with van der Waals surface area (Å²) in [6.45, 7) is 2.94. The summed E-state index contributed by atoms with van der Waals surface area (Å²) in [4.78, 5) is 17.6. The fraction of sp³-hybridized carbons (Fsp3) is 0.333. The molecule has 1 atom stereocenters. The van der Waals surface area contributed by atoms with Crippen molar-refractivity contribution in [1.29, 1.82) is 0 Å². The predicted molar refractivity (Wildman–Crippen MR) is 73.6 cm³/mol. The molecule has 1 unspecified atom stereocenters. The van der Waals surface area contributed by atoms with E-state index in [1.165, 1.54) is 6.39 Å². The van der Waals surface area contributed by atoms with Crippen LogP contribution in [0.5, 0.6) is 0 Å². The van der Waals surface area contributed by atoms with Gasteiger partial charge >= 0.3 is 5.97 Å². The summed E-state index contributed by atoms with van der Waals surface area (Å²) >= 11 is 0. The van der Waals surface area contributed by atoms with Gasteiger partial charge in [0, 0.05) is 12.2 Å². The molecule has 0 bridgehead atoms. The van der Waals surface area contributed by atoms with Crippen LogP contribution in [0.2, 0.25) is 0 Å². The van der Waals surface area contributed by atoms with E-state index < -0.39 is 5.97 Å². The Balaban J connectivity index is 1.92. The minimum absolute atomic E-state index is 0.378. The summed E-state index contributed by atoms with van der Waals surface area (Å²) in [6, 6.07) is 7.95. The molecule has 3 rings (SSSR count). The lowest BCUT2D eigenvalue weighted by molar-refractivity contribution is -0.141. The van der Waals surface area contributed by atoms with Gasteiger partial charge in [0.25, 0.3) is 0 Å². The second-order valence-corrected chi connectivity index (χ2v) is 5.10. The third-order valence-corrected chi connectivity index (χ3v) is 3.77. The van der Waals surface area contributed by atoms with Crippen LogP contribution in [-0.2, 0) is 17.8 Å². The first-order valence-electron chi connectivity index (χ1n) is 6.60. The van der Waals surface area contributed by atoms with Gasteiger partial charge in [-0.3, -0.25) is 4.79 Å². The van der Waals surface area contributed by atoms with Crippen molar-refractivity contribution in [3.8, 4) is 0 Å². The van der Waals surface area contributed by atoms with Gasteiger partial charge in [0.2, 0.25) is 0 Å². The number of carbonyl (C=O) groups is 1. The molecule has 2 heterocycles. The zero-order valence-corrected chi connectivity index (χ0v) is 11.2. The minimum atomic E-state index is -0.749. The number of rotatable bonds is 3. The van der Waals surface area contributed by atoms with Gasteiger partial charge in [-0.25, -0.2) is 4.98 Å². The lowest BCUT2D eigenvalue weighted by atomic mass is 9.92. The summed E-state index contributed by atoms with van der Waals surface area (Å²) in [5.74, 6) is -0.349. The lowest BCUT2D eigenvalue weighted by Crippen LogP contribution is -2.38. The largest absolute Gasteiger partial charge is 0.481 e. The van der Waals surface area contributed by atoms with Crippen molar-refractivity contribution in [2.45, 2.75) is 19.9 Å². The first kappa shape index (κ1) is 12.7. The van der Waals surface area contributed by atoms with E-state index in [0.717, 1.165) is 22.7 Å². The molecule has 0 saturated heterocycles. The highest BCUT2D eigenvalue weighted by Gasteiger charge is 2.29. The molecule has 0 spiro atoms. The number of carboxylic acids is 1. The molecule has 0 fully saturated rings. The SMILES string of the molecule is Cc1ocnc1CN1CC(C(=O)O)Cc2ccccc21. The summed E-state index contributed by atoms with van der Waals surface area (Å²) in [7, 11) is 0. The van der Waals surface area contributed by atoms with Crippen LogP contribution in [0.25, 0.3) is 0 Å². The van der Waals surface area contributed by atoms with E-state index in [1.807, 2.05) is 31.2 Å². The first-order valence-corrected chi connectivity index (χ1v) is 6.60. The van der Waals surface area contributed by atoms with E-state index in [1.54, 1.807) is 0 Å².